The number of imidazole rings is 2. The monoisotopic (exact) mass is 365 g/mol. The second kappa shape index (κ2) is 5.80. The van der Waals surface area contributed by atoms with Gasteiger partial charge in [0.05, 0.1) is 35.0 Å². The van der Waals surface area contributed by atoms with Crippen LogP contribution in [0.15, 0.2) is 24.4 Å². The Morgan fingerprint density at radius 3 is 2.96 bits per heavy atom. The van der Waals surface area contributed by atoms with Crippen LogP contribution in [0.25, 0.3) is 11.0 Å². The standard InChI is InChI=1S/C16H14ClF2N5O/c1-8-6-23(7-9-5-20-15(13(18)19)24(8)9)16(25)14-21-11-4-2-3-10(17)12(11)22-14/h2-5,8,13H,6-7H2,1H3,(H,21,22)/t8-/m1/s1. The predicted octanol–water partition coefficient (Wildman–Crippen LogP) is 3.57. The maximum Gasteiger partial charge on any atom is 0.295 e. The Balaban J connectivity index is 1.65. The minimum atomic E-state index is -2.64. The third-order valence-corrected chi connectivity index (χ3v) is 4.63. The topological polar surface area (TPSA) is 66.8 Å². The quantitative estimate of drug-likeness (QED) is 0.755. The molecule has 130 valence electrons. The number of aromatic amines is 1. The van der Waals surface area contributed by atoms with E-state index in [-0.39, 0.29) is 30.1 Å². The Morgan fingerprint density at radius 1 is 1.44 bits per heavy atom. The highest BCUT2D eigenvalue weighted by Crippen LogP contribution is 2.29. The molecule has 0 radical (unpaired) electrons. The summed E-state index contributed by atoms with van der Waals surface area (Å²) < 4.78 is 27.6. The van der Waals surface area contributed by atoms with Crippen molar-refractivity contribution in [3.05, 3.63) is 46.8 Å². The van der Waals surface area contributed by atoms with Crippen molar-refractivity contribution in [1.82, 2.24) is 24.4 Å². The zero-order valence-electron chi connectivity index (χ0n) is 13.2. The van der Waals surface area contributed by atoms with Crippen LogP contribution in [0.5, 0.6) is 0 Å². The van der Waals surface area contributed by atoms with Crippen molar-refractivity contribution < 1.29 is 13.6 Å². The first-order chi connectivity index (χ1) is 12.0. The number of carbonyl (C=O) groups is 1. The highest BCUT2D eigenvalue weighted by Gasteiger charge is 2.31. The van der Waals surface area contributed by atoms with Crippen molar-refractivity contribution in [3.63, 3.8) is 0 Å². The summed E-state index contributed by atoms with van der Waals surface area (Å²) in [4.78, 5) is 25.4. The maximum atomic E-state index is 13.0. The van der Waals surface area contributed by atoms with Crippen molar-refractivity contribution >= 4 is 28.5 Å². The van der Waals surface area contributed by atoms with Crippen LogP contribution in [0.4, 0.5) is 8.78 Å². The second-order valence-corrected chi connectivity index (χ2v) is 6.44. The number of nitrogens with one attached hydrogen (secondary N) is 1. The molecule has 3 heterocycles. The number of carbonyl (C=O) groups excluding carboxylic acids is 1. The summed E-state index contributed by atoms with van der Waals surface area (Å²) >= 11 is 6.09. The number of hydrogen-bond donors (Lipinski definition) is 1. The summed E-state index contributed by atoms with van der Waals surface area (Å²) in [6.45, 7) is 2.28. The predicted molar refractivity (Wildman–Crippen MR) is 87.7 cm³/mol. The summed E-state index contributed by atoms with van der Waals surface area (Å²) in [6.07, 6.45) is -1.25. The highest BCUT2D eigenvalue weighted by molar-refractivity contribution is 6.35. The first-order valence-corrected chi connectivity index (χ1v) is 8.11. The van der Waals surface area contributed by atoms with Gasteiger partial charge in [0.1, 0.15) is 5.52 Å². The summed E-state index contributed by atoms with van der Waals surface area (Å²) in [5, 5.41) is 0.458. The third kappa shape index (κ3) is 2.57. The van der Waals surface area contributed by atoms with Gasteiger partial charge in [-0.3, -0.25) is 4.79 Å². The average molecular weight is 366 g/mol. The Morgan fingerprint density at radius 2 is 2.24 bits per heavy atom. The molecule has 0 aliphatic carbocycles. The molecule has 2 aromatic heterocycles. The number of alkyl halides is 2. The number of hydrogen-bond acceptors (Lipinski definition) is 3. The molecular weight excluding hydrogens is 352 g/mol. The number of H-pyrrole nitrogens is 1. The lowest BCUT2D eigenvalue weighted by atomic mass is 10.2. The summed E-state index contributed by atoms with van der Waals surface area (Å²) in [6, 6.07) is 4.96. The van der Waals surface area contributed by atoms with Crippen LogP contribution in [0.3, 0.4) is 0 Å². The van der Waals surface area contributed by atoms with E-state index in [1.54, 1.807) is 30.0 Å². The number of benzene rings is 1. The van der Waals surface area contributed by atoms with E-state index in [0.717, 1.165) is 0 Å². The minimum absolute atomic E-state index is 0.178. The van der Waals surface area contributed by atoms with Crippen LogP contribution in [-0.2, 0) is 6.54 Å². The molecule has 0 saturated heterocycles. The SMILES string of the molecule is C[C@@H]1CN(C(=O)c2nc3c(Cl)cccc3[nH]2)Cc2cnc(C(F)F)n21. The van der Waals surface area contributed by atoms with Crippen molar-refractivity contribution in [2.24, 2.45) is 0 Å². The van der Waals surface area contributed by atoms with Gasteiger partial charge in [0.25, 0.3) is 12.3 Å². The molecule has 6 nitrogen and oxygen atoms in total. The molecule has 1 aliphatic heterocycles. The fraction of sp³-hybridized carbons (Fsp3) is 0.312. The van der Waals surface area contributed by atoms with Crippen LogP contribution < -0.4 is 0 Å². The molecule has 3 aromatic rings. The molecule has 1 aliphatic rings. The van der Waals surface area contributed by atoms with Crippen molar-refractivity contribution in [2.75, 3.05) is 6.54 Å². The highest BCUT2D eigenvalue weighted by atomic mass is 35.5. The minimum Gasteiger partial charge on any atom is -0.334 e. The average Bonchev–Trinajstić information content (AvgIpc) is 3.19. The molecule has 4 rings (SSSR count). The van der Waals surface area contributed by atoms with Crippen LogP contribution in [0.1, 0.15) is 41.5 Å². The molecule has 1 amide bonds. The number of aromatic nitrogens is 4. The van der Waals surface area contributed by atoms with Gasteiger partial charge in [-0.1, -0.05) is 17.7 Å². The van der Waals surface area contributed by atoms with Crippen LogP contribution in [0.2, 0.25) is 5.02 Å². The van der Waals surface area contributed by atoms with E-state index in [2.05, 4.69) is 15.0 Å². The van der Waals surface area contributed by atoms with E-state index in [1.807, 2.05) is 0 Å². The van der Waals surface area contributed by atoms with E-state index in [4.69, 9.17) is 11.6 Å². The van der Waals surface area contributed by atoms with Crippen LogP contribution in [-0.4, -0.2) is 36.9 Å². The van der Waals surface area contributed by atoms with Crippen LogP contribution >= 0.6 is 11.6 Å². The molecular formula is C16H14ClF2N5O. The van der Waals surface area contributed by atoms with E-state index in [1.165, 1.54) is 10.8 Å². The lowest BCUT2D eigenvalue weighted by molar-refractivity contribution is 0.0660. The number of halogens is 3. The Kier molecular flexibility index (Phi) is 3.72. The smallest absolute Gasteiger partial charge is 0.295 e. The van der Waals surface area contributed by atoms with Gasteiger partial charge >= 0.3 is 0 Å². The number of para-hydroxylation sites is 1. The van der Waals surface area contributed by atoms with Gasteiger partial charge in [0.15, 0.2) is 11.6 Å². The second-order valence-electron chi connectivity index (χ2n) is 6.03. The van der Waals surface area contributed by atoms with Gasteiger partial charge in [-0.15, -0.1) is 0 Å². The van der Waals surface area contributed by atoms with E-state index in [9.17, 15) is 13.6 Å². The summed E-state index contributed by atoms with van der Waals surface area (Å²) in [5.41, 5.74) is 1.78. The van der Waals surface area contributed by atoms with Gasteiger partial charge < -0.3 is 14.5 Å². The van der Waals surface area contributed by atoms with Gasteiger partial charge in [0, 0.05) is 6.54 Å². The largest absolute Gasteiger partial charge is 0.334 e. The first kappa shape index (κ1) is 16.0. The molecule has 0 unspecified atom stereocenters. The van der Waals surface area contributed by atoms with Gasteiger partial charge in [-0.2, -0.15) is 0 Å². The Hall–Kier alpha value is -2.48. The Bertz CT molecular complexity index is 967. The normalized spacial score (nSPS) is 17.3. The summed E-state index contributed by atoms with van der Waals surface area (Å²) in [7, 11) is 0. The molecule has 0 spiro atoms. The van der Waals surface area contributed by atoms with Gasteiger partial charge in [-0.25, -0.2) is 18.7 Å². The number of nitrogens with zero attached hydrogens (tertiary/aromatic N) is 4. The zero-order valence-corrected chi connectivity index (χ0v) is 14.0. The lowest BCUT2D eigenvalue weighted by Gasteiger charge is -2.33. The fourth-order valence-corrected chi connectivity index (χ4v) is 3.48. The Labute approximate surface area is 146 Å². The van der Waals surface area contributed by atoms with Gasteiger partial charge in [0.2, 0.25) is 0 Å². The third-order valence-electron chi connectivity index (χ3n) is 4.33. The first-order valence-electron chi connectivity index (χ1n) is 7.73. The molecule has 0 fully saturated rings. The molecule has 1 N–H and O–H groups in total. The molecule has 0 saturated carbocycles. The van der Waals surface area contributed by atoms with E-state index < -0.39 is 6.43 Å². The van der Waals surface area contributed by atoms with Crippen molar-refractivity contribution in [3.8, 4) is 0 Å². The van der Waals surface area contributed by atoms with Gasteiger partial charge in [-0.05, 0) is 19.1 Å². The number of rotatable bonds is 2. The van der Waals surface area contributed by atoms with Crippen molar-refractivity contribution in [2.45, 2.75) is 25.9 Å². The summed E-state index contributed by atoms with van der Waals surface area (Å²) in [5.74, 6) is -0.382. The molecule has 1 aromatic carbocycles. The molecule has 25 heavy (non-hydrogen) atoms. The van der Waals surface area contributed by atoms with Crippen molar-refractivity contribution in [1.29, 1.82) is 0 Å². The number of fused-ring (bicyclic) bond motifs is 2. The molecule has 9 heteroatoms. The zero-order chi connectivity index (χ0) is 17.7. The fourth-order valence-electron chi connectivity index (χ4n) is 3.26. The van der Waals surface area contributed by atoms with E-state index in [0.29, 0.717) is 28.3 Å². The number of amides is 1. The lowest BCUT2D eigenvalue weighted by Crippen LogP contribution is -2.40. The molecule has 1 atom stereocenters. The maximum absolute atomic E-state index is 13.0. The molecule has 0 bridgehead atoms. The van der Waals surface area contributed by atoms with Crippen LogP contribution in [0, 0.1) is 0 Å². The van der Waals surface area contributed by atoms with E-state index >= 15 is 0 Å².